The van der Waals surface area contributed by atoms with Crippen molar-refractivity contribution in [3.05, 3.63) is 60.6 Å². The Hall–Kier alpha value is -1.83. The van der Waals surface area contributed by atoms with Gasteiger partial charge >= 0.3 is 0 Å². The molecule has 0 aliphatic heterocycles. The van der Waals surface area contributed by atoms with E-state index < -0.39 is 6.01 Å². The van der Waals surface area contributed by atoms with Crippen LogP contribution in [0.2, 0.25) is 0 Å². The first-order chi connectivity index (χ1) is 7.77. The molecule has 2 aromatic carbocycles. The Bertz CT molecular complexity index is 500. The molecule has 0 amide bonds. The third kappa shape index (κ3) is 2.40. The van der Waals surface area contributed by atoms with Gasteiger partial charge in [0.25, 0.3) is 6.01 Å². The normalized spacial score (nSPS) is 10.3. The van der Waals surface area contributed by atoms with E-state index in [-0.39, 0.29) is 0 Å². The van der Waals surface area contributed by atoms with Crippen LogP contribution in [0.3, 0.4) is 0 Å². The highest BCUT2D eigenvalue weighted by Crippen LogP contribution is 2.19. The van der Waals surface area contributed by atoms with Gasteiger partial charge < -0.3 is 4.74 Å². The molecular weight excluding hydrogens is 203 g/mol. The number of halogens is 1. The summed E-state index contributed by atoms with van der Waals surface area (Å²) in [7, 11) is 0. The van der Waals surface area contributed by atoms with Gasteiger partial charge in [-0.3, -0.25) is 0 Å². The second kappa shape index (κ2) is 4.79. The van der Waals surface area contributed by atoms with Crippen molar-refractivity contribution in [1.29, 1.82) is 0 Å². The summed E-state index contributed by atoms with van der Waals surface area (Å²) in [6.45, 7) is 3.38. The smallest absolute Gasteiger partial charge is 0.265 e. The summed E-state index contributed by atoms with van der Waals surface area (Å²) in [6.07, 6.45) is 0.685. The fourth-order valence-corrected chi connectivity index (χ4v) is 1.78. The fourth-order valence-electron chi connectivity index (χ4n) is 1.78. The summed E-state index contributed by atoms with van der Waals surface area (Å²) in [5, 5.41) is 2.39. The number of benzene rings is 2. The van der Waals surface area contributed by atoms with E-state index in [9.17, 15) is 4.39 Å². The first kappa shape index (κ1) is 10.7. The molecule has 16 heavy (non-hydrogen) atoms. The number of rotatable bonds is 4. The average Bonchev–Trinajstić information content (AvgIpc) is 2.29. The maximum absolute atomic E-state index is 12.3. The minimum atomic E-state index is -0.722. The topological polar surface area (TPSA) is 9.23 Å². The monoisotopic (exact) mass is 216 g/mol. The highest BCUT2D eigenvalue weighted by molar-refractivity contribution is 5.85. The molecule has 0 heterocycles. The number of hydrogen-bond acceptors (Lipinski definition) is 1. The van der Waals surface area contributed by atoms with Crippen LogP contribution in [0, 0.1) is 0 Å². The maximum atomic E-state index is 12.3. The lowest BCUT2D eigenvalue weighted by Gasteiger charge is -2.06. The molecular formula is C14H13FO. The van der Waals surface area contributed by atoms with Crippen LogP contribution in [0.1, 0.15) is 5.56 Å². The van der Waals surface area contributed by atoms with Gasteiger partial charge in [-0.2, -0.15) is 4.39 Å². The molecule has 0 fully saturated rings. The molecule has 0 N–H and O–H groups in total. The van der Waals surface area contributed by atoms with E-state index in [0.29, 0.717) is 13.0 Å². The van der Waals surface area contributed by atoms with Crippen LogP contribution in [0.5, 0.6) is 0 Å². The Morgan fingerprint density at radius 1 is 1.12 bits per heavy atom. The Kier molecular flexibility index (Phi) is 3.20. The summed E-state index contributed by atoms with van der Waals surface area (Å²) < 4.78 is 17.0. The van der Waals surface area contributed by atoms with Crippen molar-refractivity contribution in [1.82, 2.24) is 0 Å². The highest BCUT2D eigenvalue weighted by Gasteiger charge is 2.00. The van der Waals surface area contributed by atoms with E-state index in [1.165, 1.54) is 16.3 Å². The van der Waals surface area contributed by atoms with Crippen molar-refractivity contribution in [2.45, 2.75) is 6.42 Å². The summed E-state index contributed by atoms with van der Waals surface area (Å²) in [4.78, 5) is 0. The van der Waals surface area contributed by atoms with E-state index in [4.69, 9.17) is 4.74 Å². The van der Waals surface area contributed by atoms with E-state index in [1.54, 1.807) is 0 Å². The lowest BCUT2D eigenvalue weighted by molar-refractivity contribution is 0.150. The second-order valence-electron chi connectivity index (χ2n) is 3.59. The molecule has 2 rings (SSSR count). The van der Waals surface area contributed by atoms with E-state index in [2.05, 4.69) is 24.8 Å². The molecule has 0 unspecified atom stereocenters. The fraction of sp³-hybridized carbons (Fsp3) is 0.143. The van der Waals surface area contributed by atoms with Crippen molar-refractivity contribution in [3.63, 3.8) is 0 Å². The van der Waals surface area contributed by atoms with Crippen molar-refractivity contribution in [3.8, 4) is 0 Å². The van der Waals surface area contributed by atoms with Crippen molar-refractivity contribution < 1.29 is 9.13 Å². The van der Waals surface area contributed by atoms with Crippen LogP contribution in [-0.2, 0) is 11.2 Å². The Morgan fingerprint density at radius 3 is 2.69 bits per heavy atom. The molecule has 0 aromatic heterocycles. The zero-order valence-electron chi connectivity index (χ0n) is 8.95. The lowest BCUT2D eigenvalue weighted by Crippen LogP contribution is -1.96. The Labute approximate surface area is 94.2 Å². The van der Waals surface area contributed by atoms with Gasteiger partial charge in [-0.1, -0.05) is 42.5 Å². The van der Waals surface area contributed by atoms with Crippen molar-refractivity contribution in [2.75, 3.05) is 6.61 Å². The summed E-state index contributed by atoms with van der Waals surface area (Å²) >= 11 is 0. The van der Waals surface area contributed by atoms with Gasteiger partial charge in [0.05, 0.1) is 6.61 Å². The first-order valence-electron chi connectivity index (χ1n) is 5.21. The van der Waals surface area contributed by atoms with Crippen molar-refractivity contribution >= 4 is 10.8 Å². The molecule has 0 aliphatic carbocycles. The molecule has 0 saturated carbocycles. The molecule has 0 saturated heterocycles. The van der Waals surface area contributed by atoms with Gasteiger partial charge in [-0.15, -0.1) is 0 Å². The predicted molar refractivity (Wildman–Crippen MR) is 63.9 cm³/mol. The van der Waals surface area contributed by atoms with Crippen LogP contribution in [0.4, 0.5) is 4.39 Å². The minimum absolute atomic E-state index is 0.323. The largest absolute Gasteiger partial charge is 0.471 e. The van der Waals surface area contributed by atoms with Gasteiger partial charge in [-0.05, 0) is 22.9 Å². The van der Waals surface area contributed by atoms with Crippen LogP contribution >= 0.6 is 0 Å². The third-order valence-electron chi connectivity index (χ3n) is 2.51. The number of fused-ring (bicyclic) bond motifs is 1. The quantitative estimate of drug-likeness (QED) is 0.705. The average molecular weight is 216 g/mol. The minimum Gasteiger partial charge on any atom is -0.471 e. The van der Waals surface area contributed by atoms with Gasteiger partial charge in [0, 0.05) is 6.42 Å². The first-order valence-corrected chi connectivity index (χ1v) is 5.21. The van der Waals surface area contributed by atoms with Crippen LogP contribution in [0.15, 0.2) is 55.1 Å². The number of hydrogen-bond donors (Lipinski definition) is 0. The van der Waals surface area contributed by atoms with E-state index in [1.807, 2.05) is 24.3 Å². The lowest BCUT2D eigenvalue weighted by atomic mass is 10.0. The summed E-state index contributed by atoms with van der Waals surface area (Å²) in [6, 6.07) is 13.5. The zero-order chi connectivity index (χ0) is 11.4. The SMILES string of the molecule is C=C(F)OCCc1cccc2ccccc12. The molecule has 2 heteroatoms. The molecule has 82 valence electrons. The number of ether oxygens (including phenoxy) is 1. The summed E-state index contributed by atoms with van der Waals surface area (Å²) in [5.41, 5.74) is 1.17. The Balaban J connectivity index is 2.20. The molecule has 0 radical (unpaired) electrons. The van der Waals surface area contributed by atoms with E-state index in [0.717, 1.165) is 0 Å². The van der Waals surface area contributed by atoms with Gasteiger partial charge in [0.2, 0.25) is 0 Å². The third-order valence-corrected chi connectivity index (χ3v) is 2.51. The predicted octanol–water partition coefficient (Wildman–Crippen LogP) is 3.84. The summed E-state index contributed by atoms with van der Waals surface area (Å²) in [5.74, 6) is 0. The van der Waals surface area contributed by atoms with Crippen LogP contribution in [0.25, 0.3) is 10.8 Å². The van der Waals surface area contributed by atoms with Crippen LogP contribution < -0.4 is 0 Å². The van der Waals surface area contributed by atoms with Crippen molar-refractivity contribution in [2.24, 2.45) is 0 Å². The van der Waals surface area contributed by atoms with Gasteiger partial charge in [0.1, 0.15) is 0 Å². The zero-order valence-corrected chi connectivity index (χ0v) is 8.95. The standard InChI is InChI=1S/C14H13FO/c1-11(15)16-10-9-13-7-4-6-12-5-2-3-8-14(12)13/h2-8H,1,9-10H2. The molecule has 2 aromatic rings. The highest BCUT2D eigenvalue weighted by atomic mass is 19.1. The molecule has 0 aliphatic rings. The maximum Gasteiger partial charge on any atom is 0.265 e. The Morgan fingerprint density at radius 2 is 1.88 bits per heavy atom. The van der Waals surface area contributed by atoms with Gasteiger partial charge in [0.15, 0.2) is 0 Å². The second-order valence-corrected chi connectivity index (χ2v) is 3.59. The molecule has 0 spiro atoms. The molecule has 0 bridgehead atoms. The van der Waals surface area contributed by atoms with Crippen LogP contribution in [-0.4, -0.2) is 6.61 Å². The molecule has 0 atom stereocenters. The van der Waals surface area contributed by atoms with Gasteiger partial charge in [-0.25, -0.2) is 0 Å². The van der Waals surface area contributed by atoms with E-state index >= 15 is 0 Å². The molecule has 1 nitrogen and oxygen atoms in total.